The topological polar surface area (TPSA) is 51.6 Å². The molecule has 0 amide bonds. The number of alkyl halides is 3. The summed E-state index contributed by atoms with van der Waals surface area (Å²) < 4.78 is 44.6. The van der Waals surface area contributed by atoms with Crippen molar-refractivity contribution in [1.82, 2.24) is 4.98 Å². The first-order valence-electron chi connectivity index (χ1n) is 3.97. The van der Waals surface area contributed by atoms with Gasteiger partial charge < -0.3 is 14.6 Å². The number of aliphatic hydroxyl groups is 1. The smallest absolute Gasteiger partial charge is 0.481 e. The molecule has 0 aliphatic rings. The van der Waals surface area contributed by atoms with Crippen molar-refractivity contribution in [3.63, 3.8) is 0 Å². The number of hydrogen-bond donors (Lipinski definition) is 1. The molecule has 0 aliphatic heterocycles. The van der Waals surface area contributed by atoms with Gasteiger partial charge in [0.25, 0.3) is 0 Å². The van der Waals surface area contributed by atoms with Crippen LogP contribution in [0, 0.1) is 3.57 Å². The molecule has 1 aromatic heterocycles. The number of ether oxygens (including phenoxy) is 2. The maximum atomic E-state index is 12.0. The van der Waals surface area contributed by atoms with E-state index in [2.05, 4.69) is 9.72 Å². The molecule has 0 saturated carbocycles. The number of nitrogens with zero attached hydrogens (tertiary/aromatic N) is 1. The Morgan fingerprint density at radius 1 is 1.50 bits per heavy atom. The van der Waals surface area contributed by atoms with Crippen molar-refractivity contribution in [3.8, 4) is 11.8 Å². The van der Waals surface area contributed by atoms with Crippen LogP contribution in [-0.2, 0) is 6.61 Å². The molecule has 16 heavy (non-hydrogen) atoms. The predicted octanol–water partition coefficient (Wildman–Crippen LogP) is 2.09. The Balaban J connectivity index is 3.16. The van der Waals surface area contributed by atoms with Crippen LogP contribution in [0.2, 0.25) is 0 Å². The third-order valence-corrected chi connectivity index (χ3v) is 2.73. The highest BCUT2D eigenvalue weighted by atomic mass is 127. The van der Waals surface area contributed by atoms with Gasteiger partial charge in [-0.25, -0.2) is 0 Å². The first-order valence-corrected chi connectivity index (χ1v) is 5.05. The van der Waals surface area contributed by atoms with Crippen LogP contribution >= 0.6 is 22.6 Å². The molecule has 8 heteroatoms. The highest BCUT2D eigenvalue weighted by Crippen LogP contribution is 2.30. The normalized spacial score (nSPS) is 11.4. The van der Waals surface area contributed by atoms with Gasteiger partial charge in [-0.1, -0.05) is 0 Å². The van der Waals surface area contributed by atoms with Gasteiger partial charge in [0.05, 0.1) is 17.3 Å². The van der Waals surface area contributed by atoms with Gasteiger partial charge in [0, 0.05) is 11.6 Å². The van der Waals surface area contributed by atoms with Gasteiger partial charge >= 0.3 is 6.36 Å². The van der Waals surface area contributed by atoms with Gasteiger partial charge in [0.15, 0.2) is 0 Å². The molecule has 0 aliphatic carbocycles. The Kier molecular flexibility index (Phi) is 4.19. The predicted molar refractivity (Wildman–Crippen MR) is 56.1 cm³/mol. The van der Waals surface area contributed by atoms with Crippen molar-refractivity contribution >= 4 is 22.6 Å². The van der Waals surface area contributed by atoms with Crippen molar-refractivity contribution in [2.45, 2.75) is 13.0 Å². The summed E-state index contributed by atoms with van der Waals surface area (Å²) >= 11 is 1.61. The van der Waals surface area contributed by atoms with E-state index in [1.807, 2.05) is 0 Å². The molecule has 1 heterocycles. The summed E-state index contributed by atoms with van der Waals surface area (Å²) in [5.41, 5.74) is 0.256. The number of pyridine rings is 1. The molecule has 1 aromatic rings. The minimum atomic E-state index is -4.83. The Bertz CT molecular complexity index is 384. The molecule has 0 fully saturated rings. The van der Waals surface area contributed by atoms with Gasteiger partial charge in [0.1, 0.15) is 0 Å². The van der Waals surface area contributed by atoms with Gasteiger partial charge in [0.2, 0.25) is 11.8 Å². The van der Waals surface area contributed by atoms with E-state index in [4.69, 9.17) is 9.84 Å². The van der Waals surface area contributed by atoms with Gasteiger partial charge in [-0.3, -0.25) is 0 Å². The third kappa shape index (κ3) is 3.37. The monoisotopic (exact) mass is 349 g/mol. The van der Waals surface area contributed by atoms with Crippen molar-refractivity contribution < 1.29 is 27.8 Å². The van der Waals surface area contributed by atoms with Gasteiger partial charge in [-0.15, -0.1) is 13.2 Å². The zero-order chi connectivity index (χ0) is 12.3. The maximum absolute atomic E-state index is 12.0. The van der Waals surface area contributed by atoms with E-state index < -0.39 is 18.8 Å². The molecule has 0 radical (unpaired) electrons. The lowest BCUT2D eigenvalue weighted by Gasteiger charge is -2.12. The Morgan fingerprint density at radius 3 is 2.56 bits per heavy atom. The molecule has 0 atom stereocenters. The fourth-order valence-corrected chi connectivity index (χ4v) is 1.49. The zero-order valence-electron chi connectivity index (χ0n) is 8.01. The van der Waals surface area contributed by atoms with E-state index in [9.17, 15) is 13.2 Å². The summed E-state index contributed by atoms with van der Waals surface area (Å²) in [4.78, 5) is 3.50. The number of rotatable bonds is 3. The zero-order valence-corrected chi connectivity index (χ0v) is 10.2. The van der Waals surface area contributed by atoms with Crippen LogP contribution in [-0.4, -0.2) is 23.6 Å². The second kappa shape index (κ2) is 5.04. The second-order valence-corrected chi connectivity index (χ2v) is 3.73. The fraction of sp³-hybridized carbons (Fsp3) is 0.375. The summed E-state index contributed by atoms with van der Waals surface area (Å²) in [6, 6.07) is 1.34. The average Bonchev–Trinajstić information content (AvgIpc) is 2.19. The molecule has 1 rings (SSSR count). The van der Waals surface area contributed by atoms with Crippen molar-refractivity contribution in [3.05, 3.63) is 15.2 Å². The summed E-state index contributed by atoms with van der Waals surface area (Å²) in [5.74, 6) is -0.680. The summed E-state index contributed by atoms with van der Waals surface area (Å²) in [7, 11) is 1.26. The fourth-order valence-electron chi connectivity index (χ4n) is 0.928. The lowest BCUT2D eigenvalue weighted by molar-refractivity contribution is -0.276. The highest BCUT2D eigenvalue weighted by Gasteiger charge is 2.33. The standard InChI is InChI=1S/C8H7F3INO3/c1-15-5-2-4(3-14)6(12)7(13-5)16-8(9,10)11/h2,14H,3H2,1H3. The van der Waals surface area contributed by atoms with Crippen LogP contribution in [0.3, 0.4) is 0 Å². The first kappa shape index (κ1) is 13.3. The quantitative estimate of drug-likeness (QED) is 0.850. The van der Waals surface area contributed by atoms with Crippen LogP contribution in [0.4, 0.5) is 13.2 Å². The van der Waals surface area contributed by atoms with Crippen molar-refractivity contribution in [1.29, 1.82) is 0 Å². The minimum Gasteiger partial charge on any atom is -0.481 e. The van der Waals surface area contributed by atoms with E-state index >= 15 is 0 Å². The van der Waals surface area contributed by atoms with E-state index in [1.54, 1.807) is 22.6 Å². The summed E-state index contributed by atoms with van der Waals surface area (Å²) in [6.07, 6.45) is -4.83. The lowest BCUT2D eigenvalue weighted by atomic mass is 10.3. The summed E-state index contributed by atoms with van der Waals surface area (Å²) in [6.45, 7) is -0.425. The van der Waals surface area contributed by atoms with Crippen LogP contribution in [0.5, 0.6) is 11.8 Å². The van der Waals surface area contributed by atoms with Crippen molar-refractivity contribution in [2.24, 2.45) is 0 Å². The van der Waals surface area contributed by atoms with Gasteiger partial charge in [-0.05, 0) is 22.6 Å². The largest absolute Gasteiger partial charge is 0.574 e. The number of halogens is 4. The van der Waals surface area contributed by atoms with Crippen LogP contribution < -0.4 is 9.47 Å². The molecule has 90 valence electrons. The minimum absolute atomic E-state index is 0.0521. The van der Waals surface area contributed by atoms with Crippen LogP contribution in [0.1, 0.15) is 5.56 Å². The molecule has 1 N–H and O–H groups in total. The van der Waals surface area contributed by atoms with E-state index in [-0.39, 0.29) is 15.0 Å². The molecule has 0 spiro atoms. The number of hydrogen-bond acceptors (Lipinski definition) is 4. The molecular formula is C8H7F3INO3. The number of aromatic nitrogens is 1. The van der Waals surface area contributed by atoms with E-state index in [0.29, 0.717) is 0 Å². The molecular weight excluding hydrogens is 342 g/mol. The molecule has 0 saturated heterocycles. The molecule has 4 nitrogen and oxygen atoms in total. The number of aliphatic hydroxyl groups excluding tert-OH is 1. The number of methoxy groups -OCH3 is 1. The van der Waals surface area contributed by atoms with Crippen LogP contribution in [0.25, 0.3) is 0 Å². The molecule has 0 aromatic carbocycles. The lowest BCUT2D eigenvalue weighted by Crippen LogP contribution is -2.19. The van der Waals surface area contributed by atoms with Crippen LogP contribution in [0.15, 0.2) is 6.07 Å². The average molecular weight is 349 g/mol. The molecule has 0 bridgehead atoms. The summed E-state index contributed by atoms with van der Waals surface area (Å²) in [5, 5.41) is 8.94. The van der Waals surface area contributed by atoms with E-state index in [1.165, 1.54) is 13.2 Å². The van der Waals surface area contributed by atoms with E-state index in [0.717, 1.165) is 0 Å². The maximum Gasteiger partial charge on any atom is 0.574 e. The Hall–Kier alpha value is -0.770. The molecule has 0 unspecified atom stereocenters. The Morgan fingerprint density at radius 2 is 2.12 bits per heavy atom. The van der Waals surface area contributed by atoms with Crippen molar-refractivity contribution in [2.75, 3.05) is 7.11 Å². The SMILES string of the molecule is COc1cc(CO)c(I)c(OC(F)(F)F)n1. The third-order valence-electron chi connectivity index (χ3n) is 1.57. The van der Waals surface area contributed by atoms with Gasteiger partial charge in [-0.2, -0.15) is 4.98 Å². The highest BCUT2D eigenvalue weighted by molar-refractivity contribution is 14.1. The second-order valence-electron chi connectivity index (χ2n) is 2.65. The Labute approximate surface area is 103 Å². The first-order chi connectivity index (χ1) is 7.37.